The van der Waals surface area contributed by atoms with Gasteiger partial charge in [-0.1, -0.05) is 29.8 Å². The predicted octanol–water partition coefficient (Wildman–Crippen LogP) is 2.67. The molecule has 0 aliphatic carbocycles. The van der Waals surface area contributed by atoms with Crippen molar-refractivity contribution in [2.24, 2.45) is 5.92 Å². The van der Waals surface area contributed by atoms with Gasteiger partial charge in [-0.15, -0.1) is 0 Å². The second-order valence-electron chi connectivity index (χ2n) is 6.40. The predicted molar refractivity (Wildman–Crippen MR) is 96.3 cm³/mol. The number of benzene rings is 2. The Morgan fingerprint density at radius 1 is 1.16 bits per heavy atom. The first-order valence-electron chi connectivity index (χ1n) is 8.53. The van der Waals surface area contributed by atoms with Gasteiger partial charge < -0.3 is 24.6 Å². The smallest absolute Gasteiger partial charge is 0.231 e. The maximum Gasteiger partial charge on any atom is 0.231 e. The molecule has 0 saturated heterocycles. The Morgan fingerprint density at radius 2 is 1.96 bits per heavy atom. The van der Waals surface area contributed by atoms with Crippen molar-refractivity contribution in [2.75, 3.05) is 27.1 Å². The molecule has 0 saturated carbocycles. The molecule has 25 heavy (non-hydrogen) atoms. The third-order valence-corrected chi connectivity index (χ3v) is 4.38. The zero-order chi connectivity index (χ0) is 17.6. The van der Waals surface area contributed by atoms with Gasteiger partial charge in [-0.05, 0) is 42.5 Å². The Balaban J connectivity index is 1.55. The standard InChI is InChI=1S/C20H25NO4/c1-14-3-5-15(6-4-14)7-17(12-22)11-21-10-16-8-18(23-2)20-19(9-16)24-13-25-20/h3-6,8-9,17,21-22H,7,10-13H2,1-2H3. The molecule has 1 atom stereocenters. The summed E-state index contributed by atoms with van der Waals surface area (Å²) in [6.07, 6.45) is 0.855. The molecule has 0 radical (unpaired) electrons. The van der Waals surface area contributed by atoms with Crippen LogP contribution in [0.4, 0.5) is 0 Å². The molecule has 1 aliphatic heterocycles. The van der Waals surface area contributed by atoms with Gasteiger partial charge >= 0.3 is 0 Å². The second kappa shape index (κ2) is 8.23. The van der Waals surface area contributed by atoms with E-state index in [1.165, 1.54) is 11.1 Å². The van der Waals surface area contributed by atoms with Crippen LogP contribution in [-0.2, 0) is 13.0 Å². The van der Waals surface area contributed by atoms with Gasteiger partial charge in [-0.25, -0.2) is 0 Å². The van der Waals surface area contributed by atoms with Crippen LogP contribution in [0, 0.1) is 12.8 Å². The Bertz CT molecular complexity index is 700. The Labute approximate surface area is 148 Å². The summed E-state index contributed by atoms with van der Waals surface area (Å²) in [4.78, 5) is 0. The number of fused-ring (bicyclic) bond motifs is 1. The maximum atomic E-state index is 9.65. The summed E-state index contributed by atoms with van der Waals surface area (Å²) >= 11 is 0. The SMILES string of the molecule is COc1cc(CNCC(CO)Cc2ccc(C)cc2)cc2c1OCO2. The van der Waals surface area contributed by atoms with Gasteiger partial charge in [0, 0.05) is 19.7 Å². The topological polar surface area (TPSA) is 60.0 Å². The van der Waals surface area contributed by atoms with Crippen molar-refractivity contribution < 1.29 is 19.3 Å². The number of nitrogens with one attached hydrogen (secondary N) is 1. The number of hydrogen-bond acceptors (Lipinski definition) is 5. The maximum absolute atomic E-state index is 9.65. The van der Waals surface area contributed by atoms with Crippen molar-refractivity contribution in [1.82, 2.24) is 5.32 Å². The van der Waals surface area contributed by atoms with Gasteiger partial charge in [0.1, 0.15) is 0 Å². The van der Waals surface area contributed by atoms with Crippen LogP contribution in [-0.4, -0.2) is 32.2 Å². The van der Waals surface area contributed by atoms with Crippen LogP contribution in [0.3, 0.4) is 0 Å². The number of rotatable bonds is 8. The molecule has 0 fully saturated rings. The van der Waals surface area contributed by atoms with Gasteiger partial charge in [0.25, 0.3) is 0 Å². The van der Waals surface area contributed by atoms with Crippen LogP contribution < -0.4 is 19.5 Å². The molecular formula is C20H25NO4. The summed E-state index contributed by atoms with van der Waals surface area (Å²) in [6.45, 7) is 3.88. The van der Waals surface area contributed by atoms with Crippen molar-refractivity contribution in [3.63, 3.8) is 0 Å². The molecule has 0 bridgehead atoms. The molecule has 2 aromatic carbocycles. The van der Waals surface area contributed by atoms with E-state index in [1.54, 1.807) is 7.11 Å². The molecule has 134 valence electrons. The van der Waals surface area contributed by atoms with E-state index < -0.39 is 0 Å². The van der Waals surface area contributed by atoms with Crippen LogP contribution in [0.5, 0.6) is 17.2 Å². The van der Waals surface area contributed by atoms with E-state index in [2.05, 4.69) is 36.5 Å². The monoisotopic (exact) mass is 343 g/mol. The molecule has 5 heteroatoms. The van der Waals surface area contributed by atoms with Gasteiger partial charge in [-0.2, -0.15) is 0 Å². The Hall–Kier alpha value is -2.24. The zero-order valence-electron chi connectivity index (χ0n) is 14.7. The molecule has 2 N–H and O–H groups in total. The summed E-state index contributed by atoms with van der Waals surface area (Å²) in [6, 6.07) is 12.4. The lowest BCUT2D eigenvalue weighted by molar-refractivity contribution is 0.171. The molecular weight excluding hydrogens is 318 g/mol. The average molecular weight is 343 g/mol. The van der Waals surface area contributed by atoms with Crippen molar-refractivity contribution in [3.8, 4) is 17.2 Å². The number of ether oxygens (including phenoxy) is 3. The first-order valence-corrected chi connectivity index (χ1v) is 8.53. The molecule has 0 amide bonds. The van der Waals surface area contributed by atoms with Crippen LogP contribution in [0.15, 0.2) is 36.4 Å². The summed E-state index contributed by atoms with van der Waals surface area (Å²) in [7, 11) is 1.62. The largest absolute Gasteiger partial charge is 0.493 e. The summed E-state index contributed by atoms with van der Waals surface area (Å²) in [5.74, 6) is 2.25. The molecule has 0 aromatic heterocycles. The van der Waals surface area contributed by atoms with E-state index in [1.807, 2.05) is 12.1 Å². The van der Waals surface area contributed by atoms with Crippen molar-refractivity contribution in [2.45, 2.75) is 19.9 Å². The molecule has 0 spiro atoms. The van der Waals surface area contributed by atoms with E-state index in [9.17, 15) is 5.11 Å². The Kier molecular flexibility index (Phi) is 5.79. The molecule has 1 unspecified atom stereocenters. The Morgan fingerprint density at radius 3 is 2.68 bits per heavy atom. The van der Waals surface area contributed by atoms with Crippen LogP contribution in [0.25, 0.3) is 0 Å². The first kappa shape index (κ1) is 17.6. The number of aryl methyl sites for hydroxylation is 1. The van der Waals surface area contributed by atoms with E-state index in [-0.39, 0.29) is 19.3 Å². The van der Waals surface area contributed by atoms with Gasteiger partial charge in [0.2, 0.25) is 12.5 Å². The molecule has 1 heterocycles. The summed E-state index contributed by atoms with van der Waals surface area (Å²) in [5, 5.41) is 13.1. The highest BCUT2D eigenvalue weighted by Crippen LogP contribution is 2.41. The second-order valence-corrected chi connectivity index (χ2v) is 6.40. The molecule has 3 rings (SSSR count). The minimum Gasteiger partial charge on any atom is -0.493 e. The van der Waals surface area contributed by atoms with Crippen molar-refractivity contribution in [1.29, 1.82) is 0 Å². The highest BCUT2D eigenvalue weighted by atomic mass is 16.7. The minimum absolute atomic E-state index is 0.158. The van der Waals surface area contributed by atoms with Crippen LogP contribution in [0.2, 0.25) is 0 Å². The fourth-order valence-electron chi connectivity index (χ4n) is 2.97. The molecule has 1 aliphatic rings. The average Bonchev–Trinajstić information content (AvgIpc) is 3.10. The minimum atomic E-state index is 0.158. The third-order valence-electron chi connectivity index (χ3n) is 4.38. The zero-order valence-corrected chi connectivity index (χ0v) is 14.7. The summed E-state index contributed by atoms with van der Waals surface area (Å²) < 4.78 is 16.2. The van der Waals surface area contributed by atoms with Gasteiger partial charge in [0.15, 0.2) is 11.5 Å². The van der Waals surface area contributed by atoms with E-state index in [0.29, 0.717) is 18.0 Å². The number of aliphatic hydroxyl groups is 1. The third kappa shape index (κ3) is 4.44. The van der Waals surface area contributed by atoms with Crippen molar-refractivity contribution >= 4 is 0 Å². The fourth-order valence-corrected chi connectivity index (χ4v) is 2.97. The summed E-state index contributed by atoms with van der Waals surface area (Å²) in [5.41, 5.74) is 3.56. The van der Waals surface area contributed by atoms with Gasteiger partial charge in [-0.3, -0.25) is 0 Å². The quantitative estimate of drug-likeness (QED) is 0.772. The van der Waals surface area contributed by atoms with Crippen LogP contribution >= 0.6 is 0 Å². The fraction of sp³-hybridized carbons (Fsp3) is 0.400. The molecule has 2 aromatic rings. The number of aliphatic hydroxyl groups excluding tert-OH is 1. The normalized spacial score (nSPS) is 13.7. The lowest BCUT2D eigenvalue weighted by Crippen LogP contribution is -2.26. The number of methoxy groups -OCH3 is 1. The highest BCUT2D eigenvalue weighted by molar-refractivity contribution is 5.55. The van der Waals surface area contributed by atoms with E-state index in [4.69, 9.17) is 14.2 Å². The highest BCUT2D eigenvalue weighted by Gasteiger charge is 2.20. The van der Waals surface area contributed by atoms with Gasteiger partial charge in [0.05, 0.1) is 7.11 Å². The van der Waals surface area contributed by atoms with Crippen LogP contribution in [0.1, 0.15) is 16.7 Å². The van der Waals surface area contributed by atoms with E-state index in [0.717, 1.165) is 24.3 Å². The van der Waals surface area contributed by atoms with Crippen molar-refractivity contribution in [3.05, 3.63) is 53.1 Å². The lowest BCUT2D eigenvalue weighted by Gasteiger charge is -2.16. The first-order chi connectivity index (χ1) is 12.2. The lowest BCUT2D eigenvalue weighted by atomic mass is 9.99. The van der Waals surface area contributed by atoms with E-state index >= 15 is 0 Å². The molecule has 5 nitrogen and oxygen atoms in total. The number of hydrogen-bond donors (Lipinski definition) is 2.